The summed E-state index contributed by atoms with van der Waals surface area (Å²) in [6.45, 7) is 1.86. The Kier molecular flexibility index (Phi) is 4.11. The second-order valence-electron chi connectivity index (χ2n) is 6.38. The van der Waals surface area contributed by atoms with E-state index in [2.05, 4.69) is 10.1 Å². The first-order valence-corrected chi connectivity index (χ1v) is 9.26. The third-order valence-electron chi connectivity index (χ3n) is 4.61. The number of nitrogens with zero attached hydrogens (tertiary/aromatic N) is 4. The van der Waals surface area contributed by atoms with Crippen LogP contribution >= 0.6 is 22.9 Å². The van der Waals surface area contributed by atoms with E-state index in [1.807, 2.05) is 6.92 Å². The SMILES string of the molecule is Cc1sc2nc(Cn3nc(C(F)(F)F)cc3Cl)cc(=O)n2c1C1CCC1. The number of halogens is 4. The maximum absolute atomic E-state index is 12.8. The third kappa shape index (κ3) is 2.92. The summed E-state index contributed by atoms with van der Waals surface area (Å²) in [5.74, 6) is 0.379. The zero-order valence-electron chi connectivity index (χ0n) is 13.7. The molecule has 3 aromatic heterocycles. The molecular formula is C16H14ClF3N4OS. The first-order valence-electron chi connectivity index (χ1n) is 8.06. The molecule has 0 spiro atoms. The van der Waals surface area contributed by atoms with Crippen LogP contribution in [0, 0.1) is 6.92 Å². The van der Waals surface area contributed by atoms with Crippen molar-refractivity contribution in [1.82, 2.24) is 19.2 Å². The maximum Gasteiger partial charge on any atom is 0.435 e. The van der Waals surface area contributed by atoms with Gasteiger partial charge in [-0.05, 0) is 19.8 Å². The van der Waals surface area contributed by atoms with Gasteiger partial charge in [-0.2, -0.15) is 18.3 Å². The predicted octanol–water partition coefficient (Wildman–Crippen LogP) is 4.25. The Morgan fingerprint density at radius 1 is 1.35 bits per heavy atom. The first-order chi connectivity index (χ1) is 12.2. The Morgan fingerprint density at radius 2 is 2.08 bits per heavy atom. The van der Waals surface area contributed by atoms with Crippen molar-refractivity contribution >= 4 is 27.9 Å². The van der Waals surface area contributed by atoms with E-state index >= 15 is 0 Å². The van der Waals surface area contributed by atoms with Gasteiger partial charge in [-0.25, -0.2) is 9.67 Å². The molecule has 1 saturated carbocycles. The minimum Gasteiger partial charge on any atom is -0.269 e. The van der Waals surface area contributed by atoms with Gasteiger partial charge in [0.1, 0.15) is 5.15 Å². The summed E-state index contributed by atoms with van der Waals surface area (Å²) in [6, 6.07) is 2.10. The van der Waals surface area contributed by atoms with E-state index < -0.39 is 11.9 Å². The second-order valence-corrected chi connectivity index (χ2v) is 7.95. The van der Waals surface area contributed by atoms with Crippen LogP contribution < -0.4 is 5.56 Å². The fourth-order valence-corrected chi connectivity index (χ4v) is 4.45. The van der Waals surface area contributed by atoms with Crippen LogP contribution in [-0.4, -0.2) is 19.2 Å². The average molecular weight is 403 g/mol. The Hall–Kier alpha value is -1.87. The van der Waals surface area contributed by atoms with Gasteiger partial charge in [0.15, 0.2) is 10.7 Å². The van der Waals surface area contributed by atoms with Gasteiger partial charge in [-0.15, -0.1) is 11.3 Å². The second kappa shape index (κ2) is 6.09. The Balaban J connectivity index is 1.73. The van der Waals surface area contributed by atoms with Gasteiger partial charge >= 0.3 is 6.18 Å². The van der Waals surface area contributed by atoms with E-state index in [1.54, 1.807) is 4.40 Å². The summed E-state index contributed by atoms with van der Waals surface area (Å²) in [7, 11) is 0. The van der Waals surface area contributed by atoms with Crippen molar-refractivity contribution in [3.8, 4) is 0 Å². The first kappa shape index (κ1) is 17.5. The largest absolute Gasteiger partial charge is 0.435 e. The van der Waals surface area contributed by atoms with Gasteiger partial charge < -0.3 is 0 Å². The Morgan fingerprint density at radius 3 is 2.65 bits per heavy atom. The van der Waals surface area contributed by atoms with E-state index in [9.17, 15) is 18.0 Å². The molecule has 0 radical (unpaired) electrons. The molecular weight excluding hydrogens is 389 g/mol. The van der Waals surface area contributed by atoms with Crippen molar-refractivity contribution in [2.24, 2.45) is 0 Å². The van der Waals surface area contributed by atoms with Crippen molar-refractivity contribution < 1.29 is 13.2 Å². The molecule has 0 atom stereocenters. The van der Waals surface area contributed by atoms with Gasteiger partial charge in [0.2, 0.25) is 0 Å². The Bertz CT molecular complexity index is 1050. The number of aromatic nitrogens is 4. The highest BCUT2D eigenvalue weighted by Gasteiger charge is 2.35. The van der Waals surface area contributed by atoms with E-state index in [0.29, 0.717) is 16.6 Å². The molecule has 4 rings (SSSR count). The summed E-state index contributed by atoms with van der Waals surface area (Å²) in [5, 5.41) is 3.32. The molecule has 26 heavy (non-hydrogen) atoms. The fraction of sp³-hybridized carbons (Fsp3) is 0.438. The summed E-state index contributed by atoms with van der Waals surface area (Å²) >= 11 is 7.27. The molecule has 1 aliphatic rings. The molecule has 0 unspecified atom stereocenters. The quantitative estimate of drug-likeness (QED) is 0.658. The van der Waals surface area contributed by atoms with Crippen molar-refractivity contribution in [3.05, 3.63) is 49.6 Å². The predicted molar refractivity (Wildman–Crippen MR) is 92.0 cm³/mol. The highest BCUT2D eigenvalue weighted by Crippen LogP contribution is 2.39. The molecule has 138 valence electrons. The molecule has 0 saturated heterocycles. The molecule has 0 aromatic carbocycles. The van der Waals surface area contributed by atoms with Gasteiger partial charge in [0, 0.05) is 28.6 Å². The lowest BCUT2D eigenvalue weighted by molar-refractivity contribution is -0.141. The van der Waals surface area contributed by atoms with Crippen molar-refractivity contribution in [3.63, 3.8) is 0 Å². The van der Waals surface area contributed by atoms with Crippen LogP contribution in [0.1, 0.15) is 47.1 Å². The van der Waals surface area contributed by atoms with Crippen LogP contribution in [0.4, 0.5) is 13.2 Å². The monoisotopic (exact) mass is 402 g/mol. The minimum absolute atomic E-state index is 0.101. The summed E-state index contributed by atoms with van der Waals surface area (Å²) < 4.78 is 40.9. The molecule has 3 heterocycles. The standard InChI is InChI=1S/C16H14ClF3N4OS/c1-8-14(9-3-2-4-9)24-13(25)5-10(21-15(24)26-8)7-23-12(17)6-11(22-23)16(18,19)20/h5-6,9H,2-4,7H2,1H3. The maximum atomic E-state index is 12.8. The highest BCUT2D eigenvalue weighted by molar-refractivity contribution is 7.17. The summed E-state index contributed by atoms with van der Waals surface area (Å²) in [6.07, 6.45) is -1.30. The molecule has 1 aliphatic carbocycles. The number of alkyl halides is 3. The van der Waals surface area contributed by atoms with Crippen molar-refractivity contribution in [1.29, 1.82) is 0 Å². The molecule has 0 bridgehead atoms. The van der Waals surface area contributed by atoms with E-state index in [-0.39, 0.29) is 17.3 Å². The van der Waals surface area contributed by atoms with Gasteiger partial charge in [-0.1, -0.05) is 18.0 Å². The van der Waals surface area contributed by atoms with Crippen LogP contribution in [-0.2, 0) is 12.7 Å². The van der Waals surface area contributed by atoms with Gasteiger partial charge in [0.05, 0.1) is 12.2 Å². The third-order valence-corrected chi connectivity index (χ3v) is 5.89. The molecule has 0 N–H and O–H groups in total. The number of hydrogen-bond donors (Lipinski definition) is 0. The van der Waals surface area contributed by atoms with Gasteiger partial charge in [-0.3, -0.25) is 9.20 Å². The normalized spacial score (nSPS) is 15.6. The van der Waals surface area contributed by atoms with Crippen LogP contribution in [0.2, 0.25) is 5.15 Å². The van der Waals surface area contributed by atoms with Crippen LogP contribution in [0.3, 0.4) is 0 Å². The topological polar surface area (TPSA) is 52.2 Å². The molecule has 1 fully saturated rings. The lowest BCUT2D eigenvalue weighted by atomic mass is 9.82. The van der Waals surface area contributed by atoms with Crippen LogP contribution in [0.5, 0.6) is 0 Å². The van der Waals surface area contributed by atoms with Crippen molar-refractivity contribution in [2.75, 3.05) is 0 Å². The number of aryl methyl sites for hydroxylation is 1. The van der Waals surface area contributed by atoms with Crippen molar-refractivity contribution in [2.45, 2.75) is 44.8 Å². The average Bonchev–Trinajstić information content (AvgIpc) is 2.99. The van der Waals surface area contributed by atoms with Crippen LogP contribution in [0.25, 0.3) is 4.96 Å². The highest BCUT2D eigenvalue weighted by atomic mass is 35.5. The van der Waals surface area contributed by atoms with E-state index in [1.165, 1.54) is 17.4 Å². The minimum atomic E-state index is -4.58. The molecule has 5 nitrogen and oxygen atoms in total. The molecule has 0 amide bonds. The zero-order chi connectivity index (χ0) is 18.6. The molecule has 10 heteroatoms. The number of thiazole rings is 1. The summed E-state index contributed by atoms with van der Waals surface area (Å²) in [4.78, 5) is 18.6. The van der Waals surface area contributed by atoms with E-state index in [0.717, 1.165) is 40.6 Å². The smallest absolute Gasteiger partial charge is 0.269 e. The summed E-state index contributed by atoms with van der Waals surface area (Å²) in [5.41, 5.74) is 0.0435. The fourth-order valence-electron chi connectivity index (χ4n) is 3.17. The molecule has 0 aliphatic heterocycles. The molecule has 3 aromatic rings. The van der Waals surface area contributed by atoms with Gasteiger partial charge in [0.25, 0.3) is 5.56 Å². The Labute approximate surface area is 155 Å². The number of hydrogen-bond acceptors (Lipinski definition) is 4. The lowest BCUT2D eigenvalue weighted by Gasteiger charge is -2.25. The lowest BCUT2D eigenvalue weighted by Crippen LogP contribution is -2.22. The number of rotatable bonds is 3. The zero-order valence-corrected chi connectivity index (χ0v) is 15.3. The van der Waals surface area contributed by atoms with E-state index in [4.69, 9.17) is 11.6 Å². The number of fused-ring (bicyclic) bond motifs is 1. The van der Waals surface area contributed by atoms with Crippen LogP contribution in [0.15, 0.2) is 16.9 Å².